The molecule has 2 aromatic carbocycles. The highest BCUT2D eigenvalue weighted by molar-refractivity contribution is 6.44. The number of anilines is 2. The van der Waals surface area contributed by atoms with Crippen molar-refractivity contribution >= 4 is 23.2 Å². The largest absolute Gasteiger partial charge is 0.508 e. The zero-order valence-electron chi connectivity index (χ0n) is 14.3. The Morgan fingerprint density at radius 2 is 1.71 bits per heavy atom. The summed E-state index contributed by atoms with van der Waals surface area (Å²) in [6.07, 6.45) is 0. The molecule has 2 amide bonds. The van der Waals surface area contributed by atoms with Crippen LogP contribution in [0.3, 0.4) is 0 Å². The van der Waals surface area contributed by atoms with Crippen molar-refractivity contribution in [2.45, 2.75) is 26.7 Å². The van der Waals surface area contributed by atoms with Crippen molar-refractivity contribution in [2.75, 3.05) is 17.3 Å². The topological polar surface area (TPSA) is 69.6 Å². The molecule has 0 aliphatic carbocycles. The molecule has 2 aromatic rings. The molecule has 2 N–H and O–H groups in total. The number of hydrogen-bond acceptors (Lipinski definition) is 3. The number of phenolic OH excluding ortho intramolecular Hbond substituents is 1. The first-order valence-corrected chi connectivity index (χ1v) is 7.79. The van der Waals surface area contributed by atoms with Gasteiger partial charge >= 0.3 is 11.8 Å². The number of benzene rings is 2. The summed E-state index contributed by atoms with van der Waals surface area (Å²) in [5, 5.41) is 12.1. The minimum atomic E-state index is -0.693. The maximum atomic E-state index is 12.4. The van der Waals surface area contributed by atoms with Crippen LogP contribution in [0.5, 0.6) is 5.75 Å². The summed E-state index contributed by atoms with van der Waals surface area (Å²) in [4.78, 5) is 26.0. The first kappa shape index (κ1) is 17.5. The Bertz CT molecular complexity index is 752. The van der Waals surface area contributed by atoms with Gasteiger partial charge in [0.2, 0.25) is 0 Å². The van der Waals surface area contributed by atoms with Gasteiger partial charge in [-0.1, -0.05) is 32.0 Å². The fourth-order valence-electron chi connectivity index (χ4n) is 2.46. The third-order valence-corrected chi connectivity index (χ3v) is 3.90. The summed E-state index contributed by atoms with van der Waals surface area (Å²) in [5.41, 5.74) is 3.12. The molecule has 0 fully saturated rings. The number of aromatic hydroxyl groups is 1. The molecule has 5 nitrogen and oxygen atoms in total. The fraction of sp³-hybridized carbons (Fsp3) is 0.263. The molecule has 0 aliphatic heterocycles. The second-order valence-electron chi connectivity index (χ2n) is 6.03. The number of likely N-dealkylation sites (N-methyl/N-ethyl adjacent to an activating group) is 1. The van der Waals surface area contributed by atoms with Gasteiger partial charge in [0.1, 0.15) is 5.75 Å². The van der Waals surface area contributed by atoms with Crippen molar-refractivity contribution in [3.05, 3.63) is 53.6 Å². The SMILES string of the molecule is Cc1cccc(C(C)C)c1NC(=O)C(=O)N(C)c1ccc(O)cc1. The van der Waals surface area contributed by atoms with E-state index >= 15 is 0 Å². The van der Waals surface area contributed by atoms with Gasteiger partial charge in [-0.25, -0.2) is 0 Å². The molecule has 2 rings (SSSR count). The van der Waals surface area contributed by atoms with Crippen LogP contribution in [0.15, 0.2) is 42.5 Å². The number of phenols is 1. The summed E-state index contributed by atoms with van der Waals surface area (Å²) < 4.78 is 0. The third kappa shape index (κ3) is 3.74. The summed E-state index contributed by atoms with van der Waals surface area (Å²) in [6, 6.07) is 11.9. The van der Waals surface area contributed by atoms with Crippen LogP contribution in [0.1, 0.15) is 30.9 Å². The van der Waals surface area contributed by atoms with E-state index in [-0.39, 0.29) is 11.7 Å². The maximum Gasteiger partial charge on any atom is 0.316 e. The van der Waals surface area contributed by atoms with Gasteiger partial charge in [0.25, 0.3) is 0 Å². The molecule has 0 saturated heterocycles. The summed E-state index contributed by atoms with van der Waals surface area (Å²) in [7, 11) is 1.52. The van der Waals surface area contributed by atoms with Crippen molar-refractivity contribution in [1.82, 2.24) is 0 Å². The van der Waals surface area contributed by atoms with Crippen LogP contribution < -0.4 is 10.2 Å². The molecule has 0 aliphatic rings. The standard InChI is InChI=1S/C19H22N2O3/c1-12(2)16-7-5-6-13(3)17(16)20-18(23)19(24)21(4)14-8-10-15(22)11-9-14/h5-12,22H,1-4H3,(H,20,23). The minimum absolute atomic E-state index is 0.102. The Morgan fingerprint density at radius 1 is 1.08 bits per heavy atom. The Kier molecular flexibility index (Phi) is 5.24. The molecule has 0 saturated carbocycles. The molecule has 0 heterocycles. The molecular weight excluding hydrogens is 304 g/mol. The van der Waals surface area contributed by atoms with E-state index in [1.165, 1.54) is 24.1 Å². The van der Waals surface area contributed by atoms with E-state index < -0.39 is 11.8 Å². The first-order valence-electron chi connectivity index (χ1n) is 7.79. The molecule has 0 unspecified atom stereocenters. The fourth-order valence-corrected chi connectivity index (χ4v) is 2.46. The maximum absolute atomic E-state index is 12.4. The van der Waals surface area contributed by atoms with Gasteiger partial charge in [-0.3, -0.25) is 9.59 Å². The van der Waals surface area contributed by atoms with Gasteiger partial charge in [0, 0.05) is 18.4 Å². The van der Waals surface area contributed by atoms with Crippen LogP contribution >= 0.6 is 0 Å². The minimum Gasteiger partial charge on any atom is -0.508 e. The number of nitrogens with zero attached hydrogens (tertiary/aromatic N) is 1. The Labute approximate surface area is 141 Å². The van der Waals surface area contributed by atoms with Crippen molar-refractivity contribution in [2.24, 2.45) is 0 Å². The zero-order chi connectivity index (χ0) is 17.9. The average Bonchev–Trinajstić information content (AvgIpc) is 2.55. The molecule has 0 radical (unpaired) electrons. The second kappa shape index (κ2) is 7.17. The highest BCUT2D eigenvalue weighted by atomic mass is 16.3. The normalized spacial score (nSPS) is 10.5. The van der Waals surface area contributed by atoms with E-state index in [2.05, 4.69) is 5.32 Å². The van der Waals surface area contributed by atoms with Crippen LogP contribution in [0.2, 0.25) is 0 Å². The number of rotatable bonds is 3. The second-order valence-corrected chi connectivity index (χ2v) is 6.03. The quantitative estimate of drug-likeness (QED) is 0.849. The van der Waals surface area contributed by atoms with E-state index in [1.807, 2.05) is 39.0 Å². The van der Waals surface area contributed by atoms with Gasteiger partial charge in [0.15, 0.2) is 0 Å². The molecule has 5 heteroatoms. The highest BCUT2D eigenvalue weighted by Gasteiger charge is 2.22. The van der Waals surface area contributed by atoms with Gasteiger partial charge in [-0.15, -0.1) is 0 Å². The van der Waals surface area contributed by atoms with E-state index in [0.29, 0.717) is 11.4 Å². The lowest BCUT2D eigenvalue weighted by molar-refractivity contribution is -0.134. The van der Waals surface area contributed by atoms with Gasteiger partial charge in [0.05, 0.1) is 0 Å². The van der Waals surface area contributed by atoms with Crippen LogP contribution in [-0.4, -0.2) is 24.0 Å². The van der Waals surface area contributed by atoms with Crippen molar-refractivity contribution in [3.63, 3.8) is 0 Å². The van der Waals surface area contributed by atoms with Gasteiger partial charge < -0.3 is 15.3 Å². The van der Waals surface area contributed by atoms with E-state index in [4.69, 9.17) is 0 Å². The first-order chi connectivity index (χ1) is 11.3. The molecule has 0 bridgehead atoms. The lowest BCUT2D eigenvalue weighted by Crippen LogP contribution is -2.37. The predicted octanol–water partition coefficient (Wildman–Crippen LogP) is 3.43. The number of para-hydroxylation sites is 1. The zero-order valence-corrected chi connectivity index (χ0v) is 14.3. The van der Waals surface area contributed by atoms with Crippen LogP contribution in [-0.2, 0) is 9.59 Å². The highest BCUT2D eigenvalue weighted by Crippen LogP contribution is 2.27. The lowest BCUT2D eigenvalue weighted by atomic mass is 9.98. The van der Waals surface area contributed by atoms with E-state index in [0.717, 1.165) is 11.1 Å². The van der Waals surface area contributed by atoms with Crippen molar-refractivity contribution in [1.29, 1.82) is 0 Å². The third-order valence-electron chi connectivity index (χ3n) is 3.90. The molecule has 0 spiro atoms. The molecule has 126 valence electrons. The molecule has 24 heavy (non-hydrogen) atoms. The van der Waals surface area contributed by atoms with Gasteiger partial charge in [-0.05, 0) is 48.2 Å². The number of amides is 2. The lowest BCUT2D eigenvalue weighted by Gasteiger charge is -2.19. The van der Waals surface area contributed by atoms with Crippen LogP contribution in [0, 0.1) is 6.92 Å². The van der Waals surface area contributed by atoms with E-state index in [1.54, 1.807) is 12.1 Å². The van der Waals surface area contributed by atoms with Crippen molar-refractivity contribution < 1.29 is 14.7 Å². The predicted molar refractivity (Wildman–Crippen MR) is 95.4 cm³/mol. The van der Waals surface area contributed by atoms with Crippen LogP contribution in [0.25, 0.3) is 0 Å². The van der Waals surface area contributed by atoms with Crippen LogP contribution in [0.4, 0.5) is 11.4 Å². The number of nitrogens with one attached hydrogen (secondary N) is 1. The summed E-state index contributed by atoms with van der Waals surface area (Å²) >= 11 is 0. The monoisotopic (exact) mass is 326 g/mol. The number of hydrogen-bond donors (Lipinski definition) is 2. The Balaban J connectivity index is 2.21. The van der Waals surface area contributed by atoms with Gasteiger partial charge in [-0.2, -0.15) is 0 Å². The summed E-state index contributed by atoms with van der Waals surface area (Å²) in [6.45, 7) is 5.97. The van der Waals surface area contributed by atoms with Crippen molar-refractivity contribution in [3.8, 4) is 5.75 Å². The molecule has 0 atom stereocenters. The average molecular weight is 326 g/mol. The molecular formula is C19H22N2O3. The Morgan fingerprint density at radius 3 is 2.29 bits per heavy atom. The Hall–Kier alpha value is -2.82. The number of carbonyl (C=O) groups is 2. The smallest absolute Gasteiger partial charge is 0.316 e. The number of carbonyl (C=O) groups excluding carboxylic acids is 2. The van der Waals surface area contributed by atoms with E-state index in [9.17, 15) is 14.7 Å². The summed E-state index contributed by atoms with van der Waals surface area (Å²) in [5.74, 6) is -1.03. The number of aryl methyl sites for hydroxylation is 1. The molecule has 0 aromatic heterocycles.